The Morgan fingerprint density at radius 3 is 2.72 bits per heavy atom. The van der Waals surface area contributed by atoms with Gasteiger partial charge in [-0.3, -0.25) is 0 Å². The van der Waals surface area contributed by atoms with Gasteiger partial charge in [-0.15, -0.1) is 0 Å². The van der Waals surface area contributed by atoms with E-state index in [4.69, 9.17) is 0 Å². The van der Waals surface area contributed by atoms with Gasteiger partial charge < -0.3 is 0 Å². The van der Waals surface area contributed by atoms with Crippen molar-refractivity contribution in [1.29, 1.82) is 0 Å². The highest BCUT2D eigenvalue weighted by Gasteiger charge is 2.44. The topological polar surface area (TPSA) is 0 Å². The molecular formula is C18H30. The molecule has 0 spiro atoms. The molecule has 2 rings (SSSR count). The highest BCUT2D eigenvalue weighted by atomic mass is 14.5. The van der Waals surface area contributed by atoms with Gasteiger partial charge >= 0.3 is 0 Å². The minimum atomic E-state index is 0.832. The molecule has 0 heteroatoms. The molecule has 2 aliphatic rings. The van der Waals surface area contributed by atoms with E-state index in [9.17, 15) is 0 Å². The van der Waals surface area contributed by atoms with Crippen LogP contribution < -0.4 is 0 Å². The van der Waals surface area contributed by atoms with Crippen molar-refractivity contribution in [2.24, 2.45) is 23.7 Å². The lowest BCUT2D eigenvalue weighted by Gasteiger charge is -2.32. The first-order chi connectivity index (χ1) is 8.69. The maximum atomic E-state index is 4.23. The van der Waals surface area contributed by atoms with Crippen molar-refractivity contribution < 1.29 is 0 Å². The van der Waals surface area contributed by atoms with E-state index >= 15 is 0 Å². The van der Waals surface area contributed by atoms with E-state index in [0.29, 0.717) is 0 Å². The largest absolute Gasteiger partial charge is 0.0996 e. The molecule has 4 unspecified atom stereocenters. The zero-order valence-electron chi connectivity index (χ0n) is 12.5. The summed E-state index contributed by atoms with van der Waals surface area (Å²) in [6.07, 6.45) is 12.1. The minimum absolute atomic E-state index is 0.832. The van der Waals surface area contributed by atoms with Gasteiger partial charge in [-0.05, 0) is 49.4 Å². The van der Waals surface area contributed by atoms with Gasteiger partial charge in [0.2, 0.25) is 0 Å². The third-order valence-electron chi connectivity index (χ3n) is 5.25. The normalized spacial score (nSPS) is 31.5. The second kappa shape index (κ2) is 6.08. The van der Waals surface area contributed by atoms with Gasteiger partial charge in [0.1, 0.15) is 0 Å². The monoisotopic (exact) mass is 246 g/mol. The number of unbranched alkanes of at least 4 members (excludes halogenated alkanes) is 2. The van der Waals surface area contributed by atoms with Gasteiger partial charge in [-0.1, -0.05) is 63.8 Å². The molecular weight excluding hydrogens is 216 g/mol. The predicted octanol–water partition coefficient (Wildman–Crippen LogP) is 5.75. The molecule has 0 heterocycles. The summed E-state index contributed by atoms with van der Waals surface area (Å²) in [4.78, 5) is 0. The fourth-order valence-electron chi connectivity index (χ4n) is 3.65. The molecule has 0 nitrogen and oxygen atoms in total. The maximum Gasteiger partial charge on any atom is -0.0166 e. The van der Waals surface area contributed by atoms with Gasteiger partial charge in [0.25, 0.3) is 0 Å². The summed E-state index contributed by atoms with van der Waals surface area (Å²) in [5.74, 6) is 3.54. The summed E-state index contributed by atoms with van der Waals surface area (Å²) >= 11 is 0. The molecule has 18 heavy (non-hydrogen) atoms. The molecule has 0 amide bonds. The van der Waals surface area contributed by atoms with Crippen molar-refractivity contribution in [3.63, 3.8) is 0 Å². The van der Waals surface area contributed by atoms with E-state index in [1.165, 1.54) is 50.5 Å². The lowest BCUT2D eigenvalue weighted by Crippen LogP contribution is -2.20. The van der Waals surface area contributed by atoms with Crippen molar-refractivity contribution in [1.82, 2.24) is 0 Å². The average Bonchev–Trinajstić information content (AvgIpc) is 3.12. The molecule has 0 radical (unpaired) electrons. The van der Waals surface area contributed by atoms with E-state index < -0.39 is 0 Å². The maximum absolute atomic E-state index is 4.23. The van der Waals surface area contributed by atoms with Gasteiger partial charge in [0, 0.05) is 0 Å². The minimum Gasteiger partial charge on any atom is -0.0996 e. The Kier molecular flexibility index (Phi) is 4.70. The van der Waals surface area contributed by atoms with E-state index in [1.807, 2.05) is 0 Å². The Labute approximate surface area is 114 Å². The van der Waals surface area contributed by atoms with E-state index in [-0.39, 0.29) is 0 Å². The molecule has 1 fully saturated rings. The summed E-state index contributed by atoms with van der Waals surface area (Å²) in [7, 11) is 0. The molecule has 0 aromatic rings. The summed E-state index contributed by atoms with van der Waals surface area (Å²) in [5.41, 5.74) is 3.29. The highest BCUT2D eigenvalue weighted by molar-refractivity contribution is 5.25. The first-order valence-corrected chi connectivity index (χ1v) is 8.06. The lowest BCUT2D eigenvalue weighted by atomic mass is 9.73. The third-order valence-corrected chi connectivity index (χ3v) is 5.25. The van der Waals surface area contributed by atoms with Crippen LogP contribution in [0.3, 0.4) is 0 Å². The lowest BCUT2D eigenvalue weighted by molar-refractivity contribution is 0.401. The fraction of sp³-hybridized carbons (Fsp3) is 0.778. The van der Waals surface area contributed by atoms with Crippen LogP contribution in [0, 0.1) is 23.7 Å². The van der Waals surface area contributed by atoms with Crippen LogP contribution in [0.5, 0.6) is 0 Å². The Morgan fingerprint density at radius 2 is 2.17 bits per heavy atom. The second-order valence-electron chi connectivity index (χ2n) is 6.44. The van der Waals surface area contributed by atoms with Crippen molar-refractivity contribution in [2.45, 2.75) is 65.7 Å². The first kappa shape index (κ1) is 13.9. The van der Waals surface area contributed by atoms with Gasteiger partial charge in [-0.2, -0.15) is 0 Å². The molecule has 2 aliphatic carbocycles. The van der Waals surface area contributed by atoms with Crippen LogP contribution in [0.1, 0.15) is 65.7 Å². The Hall–Kier alpha value is -0.520. The molecule has 0 aromatic carbocycles. The molecule has 4 atom stereocenters. The van der Waals surface area contributed by atoms with Crippen molar-refractivity contribution in [2.75, 3.05) is 0 Å². The molecule has 0 aromatic heterocycles. The average molecular weight is 246 g/mol. The molecule has 1 saturated carbocycles. The predicted molar refractivity (Wildman–Crippen MR) is 80.5 cm³/mol. The molecule has 102 valence electrons. The van der Waals surface area contributed by atoms with Crippen LogP contribution in [-0.4, -0.2) is 0 Å². The quantitative estimate of drug-likeness (QED) is 0.378. The SMILES string of the molecule is C=C(CC)C1CC1C(C)C1=CCC1CCCCC. The molecule has 0 bridgehead atoms. The van der Waals surface area contributed by atoms with Crippen LogP contribution >= 0.6 is 0 Å². The number of hydrogen-bond acceptors (Lipinski definition) is 0. The Morgan fingerprint density at radius 1 is 1.39 bits per heavy atom. The number of rotatable bonds is 8. The van der Waals surface area contributed by atoms with Crippen LogP contribution in [0.25, 0.3) is 0 Å². The second-order valence-corrected chi connectivity index (χ2v) is 6.44. The van der Waals surface area contributed by atoms with Gasteiger partial charge in [-0.25, -0.2) is 0 Å². The van der Waals surface area contributed by atoms with Crippen LogP contribution in [0.4, 0.5) is 0 Å². The standard InChI is InChI=1S/C18H30/c1-5-7-8-9-15-10-11-16(15)14(4)18-12-17(18)13(3)6-2/h11,14-15,17-18H,3,5-10,12H2,1-2,4H3. The van der Waals surface area contributed by atoms with Gasteiger partial charge in [0.05, 0.1) is 0 Å². The van der Waals surface area contributed by atoms with Crippen LogP contribution in [-0.2, 0) is 0 Å². The first-order valence-electron chi connectivity index (χ1n) is 8.06. The zero-order chi connectivity index (χ0) is 13.1. The van der Waals surface area contributed by atoms with Crippen molar-refractivity contribution >= 4 is 0 Å². The van der Waals surface area contributed by atoms with E-state index in [1.54, 1.807) is 5.57 Å². The molecule has 0 saturated heterocycles. The molecule has 0 aliphatic heterocycles. The van der Waals surface area contributed by atoms with Crippen molar-refractivity contribution in [3.05, 3.63) is 23.8 Å². The third kappa shape index (κ3) is 2.90. The zero-order valence-corrected chi connectivity index (χ0v) is 12.5. The van der Waals surface area contributed by atoms with Crippen molar-refractivity contribution in [3.8, 4) is 0 Å². The number of hydrogen-bond donors (Lipinski definition) is 0. The highest BCUT2D eigenvalue weighted by Crippen LogP contribution is 2.54. The smallest absolute Gasteiger partial charge is 0.0166 e. The van der Waals surface area contributed by atoms with Crippen LogP contribution in [0.2, 0.25) is 0 Å². The van der Waals surface area contributed by atoms with E-state index in [0.717, 1.165) is 23.7 Å². The molecule has 0 N–H and O–H groups in total. The number of allylic oxidation sites excluding steroid dienone is 3. The Balaban J connectivity index is 1.77. The summed E-state index contributed by atoms with van der Waals surface area (Å²) in [6.45, 7) is 11.2. The fourth-order valence-corrected chi connectivity index (χ4v) is 3.65. The summed E-state index contributed by atoms with van der Waals surface area (Å²) in [6, 6.07) is 0. The summed E-state index contributed by atoms with van der Waals surface area (Å²) < 4.78 is 0. The Bertz CT molecular complexity index is 323. The summed E-state index contributed by atoms with van der Waals surface area (Å²) in [5, 5.41) is 0. The van der Waals surface area contributed by atoms with E-state index in [2.05, 4.69) is 33.4 Å². The van der Waals surface area contributed by atoms with Gasteiger partial charge in [0.15, 0.2) is 0 Å². The van der Waals surface area contributed by atoms with Crippen LogP contribution in [0.15, 0.2) is 23.8 Å².